The number of carbonyl (C=O) groups excluding carboxylic acids is 1. The first-order chi connectivity index (χ1) is 10.8. The number of ketones is 1. The minimum absolute atomic E-state index is 0.0246. The molecule has 4 nitrogen and oxygen atoms in total. The van der Waals surface area contributed by atoms with Crippen LogP contribution in [0.5, 0.6) is 17.2 Å². The van der Waals surface area contributed by atoms with Crippen molar-refractivity contribution < 1.29 is 19.4 Å². The highest BCUT2D eigenvalue weighted by Crippen LogP contribution is 2.61. The van der Waals surface area contributed by atoms with Crippen molar-refractivity contribution in [2.24, 2.45) is 5.92 Å². The molecule has 1 saturated carbocycles. The number of Topliss-reactive ketones (excluding diaryl/α,β-unsaturated/α-hetero) is 1. The van der Waals surface area contributed by atoms with Crippen molar-refractivity contribution in [1.29, 1.82) is 0 Å². The number of phenols is 1. The highest BCUT2D eigenvalue weighted by atomic mass is 16.5. The van der Waals surface area contributed by atoms with Crippen LogP contribution in [-0.2, 0) is 0 Å². The molecule has 0 spiro atoms. The molecule has 1 N–H and O–H groups in total. The second kappa shape index (κ2) is 4.43. The summed E-state index contributed by atoms with van der Waals surface area (Å²) in [4.78, 5) is 12.4. The average Bonchev–Trinajstić information content (AvgIpc) is 2.44. The van der Waals surface area contributed by atoms with Gasteiger partial charge in [-0.3, -0.25) is 4.79 Å². The molecular weight excluding hydrogens is 292 g/mol. The molecule has 2 bridgehead atoms. The first-order valence-electron chi connectivity index (χ1n) is 8.57. The smallest absolute Gasteiger partial charge is 0.170 e. The number of rotatable bonds is 2. The third-order valence-electron chi connectivity index (χ3n) is 5.97. The molecule has 1 aromatic rings. The normalized spacial score (nSPS) is 32.7. The van der Waals surface area contributed by atoms with Crippen molar-refractivity contribution in [2.75, 3.05) is 0 Å². The molecule has 0 aromatic heterocycles. The van der Waals surface area contributed by atoms with E-state index >= 15 is 0 Å². The molecule has 124 valence electrons. The van der Waals surface area contributed by atoms with E-state index in [0.717, 1.165) is 24.8 Å². The Kier molecular flexibility index (Phi) is 2.86. The Morgan fingerprint density at radius 1 is 1.35 bits per heavy atom. The summed E-state index contributed by atoms with van der Waals surface area (Å²) in [5, 5.41) is 10.4. The first-order valence-corrected chi connectivity index (χ1v) is 8.57. The summed E-state index contributed by atoms with van der Waals surface area (Å²) in [5.41, 5.74) is 0.808. The Labute approximate surface area is 136 Å². The molecule has 2 aliphatic heterocycles. The van der Waals surface area contributed by atoms with E-state index in [-0.39, 0.29) is 22.7 Å². The Balaban J connectivity index is 2.00. The largest absolute Gasteiger partial charge is 0.507 e. The van der Waals surface area contributed by atoms with Crippen LogP contribution >= 0.6 is 0 Å². The van der Waals surface area contributed by atoms with E-state index in [1.807, 2.05) is 0 Å². The van der Waals surface area contributed by atoms with E-state index in [1.54, 1.807) is 13.0 Å². The van der Waals surface area contributed by atoms with E-state index < -0.39 is 0 Å². The predicted molar refractivity (Wildman–Crippen MR) is 86.6 cm³/mol. The highest BCUT2D eigenvalue weighted by molar-refractivity contribution is 6.02. The van der Waals surface area contributed by atoms with Crippen molar-refractivity contribution >= 4 is 5.78 Å². The van der Waals surface area contributed by atoms with Crippen LogP contribution in [0.4, 0.5) is 0 Å². The zero-order valence-electron chi connectivity index (χ0n) is 14.2. The number of phenolic OH excluding ortho intramolecular Hbond substituents is 1. The molecular formula is C19H24O4. The number of hydrogen-bond acceptors (Lipinski definition) is 4. The fraction of sp³-hybridized carbons (Fsp3) is 0.632. The van der Waals surface area contributed by atoms with E-state index in [9.17, 15) is 9.90 Å². The topological polar surface area (TPSA) is 55.8 Å². The van der Waals surface area contributed by atoms with Crippen molar-refractivity contribution in [3.63, 3.8) is 0 Å². The van der Waals surface area contributed by atoms with Gasteiger partial charge in [-0.25, -0.2) is 0 Å². The van der Waals surface area contributed by atoms with E-state index in [2.05, 4.69) is 20.8 Å². The molecule has 3 aliphatic rings. The van der Waals surface area contributed by atoms with Crippen molar-refractivity contribution in [2.45, 2.75) is 70.5 Å². The van der Waals surface area contributed by atoms with E-state index in [4.69, 9.17) is 9.47 Å². The summed E-state index contributed by atoms with van der Waals surface area (Å²) in [6, 6.07) is 1.62. The number of aromatic hydroxyl groups is 1. The second-order valence-electron chi connectivity index (χ2n) is 8.00. The van der Waals surface area contributed by atoms with Crippen LogP contribution in [0.1, 0.15) is 75.2 Å². The molecule has 3 atom stereocenters. The Bertz CT molecular complexity index is 706. The molecule has 2 heterocycles. The highest BCUT2D eigenvalue weighted by Gasteiger charge is 2.55. The SMILES string of the molecule is CCC(=O)c1c(O)cc2c3c1OC(C)(C)C1CCC(C)(CC31)O2. The summed E-state index contributed by atoms with van der Waals surface area (Å²) in [7, 11) is 0. The lowest BCUT2D eigenvalue weighted by Crippen LogP contribution is -2.54. The zero-order valence-corrected chi connectivity index (χ0v) is 14.2. The van der Waals surface area contributed by atoms with Gasteiger partial charge < -0.3 is 14.6 Å². The molecule has 0 amide bonds. The van der Waals surface area contributed by atoms with Crippen molar-refractivity contribution in [1.82, 2.24) is 0 Å². The minimum Gasteiger partial charge on any atom is -0.507 e. The average molecular weight is 316 g/mol. The Morgan fingerprint density at radius 2 is 2.09 bits per heavy atom. The van der Waals surface area contributed by atoms with Gasteiger partial charge in [-0.1, -0.05) is 6.92 Å². The van der Waals surface area contributed by atoms with Crippen LogP contribution in [0.3, 0.4) is 0 Å². The van der Waals surface area contributed by atoms with Gasteiger partial charge in [-0.2, -0.15) is 0 Å². The summed E-state index contributed by atoms with van der Waals surface area (Å²) in [6.07, 6.45) is 3.35. The van der Waals surface area contributed by atoms with Gasteiger partial charge in [0.05, 0.1) is 0 Å². The number of ether oxygens (including phenoxy) is 2. The van der Waals surface area contributed by atoms with Gasteiger partial charge in [0.15, 0.2) is 5.78 Å². The summed E-state index contributed by atoms with van der Waals surface area (Å²) < 4.78 is 12.5. The van der Waals surface area contributed by atoms with Crippen LogP contribution in [0.25, 0.3) is 0 Å². The lowest BCUT2D eigenvalue weighted by Gasteiger charge is -2.55. The fourth-order valence-electron chi connectivity index (χ4n) is 4.83. The lowest BCUT2D eigenvalue weighted by atomic mass is 9.61. The van der Waals surface area contributed by atoms with E-state index in [1.165, 1.54) is 0 Å². The summed E-state index contributed by atoms with van der Waals surface area (Å²) in [6.45, 7) is 8.15. The van der Waals surface area contributed by atoms with Crippen LogP contribution in [0.15, 0.2) is 6.07 Å². The van der Waals surface area contributed by atoms with Gasteiger partial charge in [0, 0.05) is 29.9 Å². The predicted octanol–water partition coefficient (Wildman–Crippen LogP) is 4.19. The number of carbonyl (C=O) groups is 1. The molecule has 4 rings (SSSR count). The van der Waals surface area contributed by atoms with Crippen LogP contribution in [0.2, 0.25) is 0 Å². The first kappa shape index (κ1) is 14.9. The van der Waals surface area contributed by atoms with Crippen molar-refractivity contribution in [3.05, 3.63) is 17.2 Å². The minimum atomic E-state index is -0.343. The maximum Gasteiger partial charge on any atom is 0.170 e. The fourth-order valence-corrected chi connectivity index (χ4v) is 4.83. The quantitative estimate of drug-likeness (QED) is 0.831. The standard InChI is InChI=1S/C19H24O4/c1-5-12(20)16-13(21)8-14-15-10-9-19(4,22-14)7-6-11(10)18(2,3)23-17(15)16/h8,10-11,21H,5-7,9H2,1-4H3. The Hall–Kier alpha value is -1.71. The van der Waals surface area contributed by atoms with Gasteiger partial charge in [-0.15, -0.1) is 0 Å². The van der Waals surface area contributed by atoms with Crippen LogP contribution in [0, 0.1) is 5.92 Å². The molecule has 0 radical (unpaired) electrons. The zero-order chi connectivity index (χ0) is 16.6. The van der Waals surface area contributed by atoms with Gasteiger partial charge >= 0.3 is 0 Å². The number of benzene rings is 1. The lowest BCUT2D eigenvalue weighted by molar-refractivity contribution is -0.0731. The Morgan fingerprint density at radius 3 is 2.78 bits per heavy atom. The van der Waals surface area contributed by atoms with Gasteiger partial charge in [-0.05, 0) is 40.0 Å². The molecule has 4 heteroatoms. The van der Waals surface area contributed by atoms with E-state index in [0.29, 0.717) is 35.3 Å². The van der Waals surface area contributed by atoms with Crippen LogP contribution < -0.4 is 9.47 Å². The summed E-state index contributed by atoms with van der Waals surface area (Å²) in [5.74, 6) is 1.90. The molecule has 1 aromatic carbocycles. The van der Waals surface area contributed by atoms with Gasteiger partial charge in [0.25, 0.3) is 0 Å². The van der Waals surface area contributed by atoms with Gasteiger partial charge in [0.1, 0.15) is 34.0 Å². The molecule has 0 saturated heterocycles. The molecule has 1 fully saturated rings. The molecule has 3 unspecified atom stereocenters. The molecule has 23 heavy (non-hydrogen) atoms. The number of hydrogen-bond donors (Lipinski definition) is 1. The second-order valence-corrected chi connectivity index (χ2v) is 8.00. The monoisotopic (exact) mass is 316 g/mol. The van der Waals surface area contributed by atoms with Gasteiger partial charge in [0.2, 0.25) is 0 Å². The maximum absolute atomic E-state index is 12.4. The van der Waals surface area contributed by atoms with Crippen molar-refractivity contribution in [3.8, 4) is 17.2 Å². The molecule has 1 aliphatic carbocycles. The third-order valence-corrected chi connectivity index (χ3v) is 5.97. The number of fused-ring (bicyclic) bond motifs is 1. The third kappa shape index (κ3) is 1.93. The summed E-state index contributed by atoms with van der Waals surface area (Å²) >= 11 is 0. The van der Waals surface area contributed by atoms with Crippen LogP contribution in [-0.4, -0.2) is 22.1 Å². The maximum atomic E-state index is 12.4.